The van der Waals surface area contributed by atoms with Crippen molar-refractivity contribution in [3.05, 3.63) is 81.7 Å². The summed E-state index contributed by atoms with van der Waals surface area (Å²) >= 11 is 0. The van der Waals surface area contributed by atoms with Gasteiger partial charge < -0.3 is 19.6 Å². The van der Waals surface area contributed by atoms with Crippen molar-refractivity contribution < 1.29 is 23.8 Å². The second kappa shape index (κ2) is 9.09. The molecule has 3 rings (SSSR count). The van der Waals surface area contributed by atoms with E-state index in [0.29, 0.717) is 16.5 Å². The fraction of sp³-hybridized carbons (Fsp3) is 0.174. The van der Waals surface area contributed by atoms with E-state index in [2.05, 4.69) is 5.32 Å². The molecule has 1 aromatic heterocycles. The van der Waals surface area contributed by atoms with Crippen LogP contribution in [0.2, 0.25) is 0 Å². The molecule has 7 heteroatoms. The smallest absolute Gasteiger partial charge is 0.336 e. The average Bonchev–Trinajstić information content (AvgIpc) is 2.74. The van der Waals surface area contributed by atoms with E-state index >= 15 is 0 Å². The molecule has 0 aliphatic carbocycles. The van der Waals surface area contributed by atoms with Gasteiger partial charge in [0, 0.05) is 28.7 Å². The van der Waals surface area contributed by atoms with Gasteiger partial charge in [-0.2, -0.15) is 0 Å². The number of hydrogen-bond acceptors (Lipinski definition) is 6. The van der Waals surface area contributed by atoms with Gasteiger partial charge in [-0.15, -0.1) is 0 Å². The molecule has 1 heterocycles. The Hall–Kier alpha value is -3.87. The van der Waals surface area contributed by atoms with E-state index < -0.39 is 23.5 Å². The molecule has 0 aliphatic heterocycles. The Morgan fingerprint density at radius 2 is 1.93 bits per heavy atom. The Bertz CT molecular complexity index is 1160. The first-order chi connectivity index (χ1) is 14.3. The first-order valence-electron chi connectivity index (χ1n) is 9.30. The van der Waals surface area contributed by atoms with Crippen molar-refractivity contribution >= 4 is 28.9 Å². The third kappa shape index (κ3) is 4.94. The van der Waals surface area contributed by atoms with Crippen molar-refractivity contribution in [2.75, 3.05) is 0 Å². The number of amides is 1. The monoisotopic (exact) mass is 407 g/mol. The first-order valence-corrected chi connectivity index (χ1v) is 9.30. The second-order valence-electron chi connectivity index (χ2n) is 6.76. The van der Waals surface area contributed by atoms with Crippen molar-refractivity contribution in [3.8, 4) is 5.75 Å². The summed E-state index contributed by atoms with van der Waals surface area (Å²) in [6.07, 6.45) is 2.98. The summed E-state index contributed by atoms with van der Waals surface area (Å²) in [5, 5.41) is 12.9. The predicted octanol–water partition coefficient (Wildman–Crippen LogP) is 3.07. The molecular weight excluding hydrogens is 386 g/mol. The van der Waals surface area contributed by atoms with E-state index in [4.69, 9.17) is 9.15 Å². The standard InChI is InChI=1S/C23H21NO6/c1-14-19(25)10-9-18-17(12-21(27)30-22(14)18)13-29-23(28)15(2)24-20(26)11-8-16-6-4-3-5-7-16/h3-12,15,25H,13H2,1-2H3,(H,24,26)/b11-8+/t15-/m0/s1. The number of fused-ring (bicyclic) bond motifs is 1. The number of benzene rings is 2. The van der Waals surface area contributed by atoms with E-state index in [1.807, 2.05) is 30.3 Å². The molecule has 1 atom stereocenters. The Labute approximate surface area is 172 Å². The van der Waals surface area contributed by atoms with E-state index in [0.717, 1.165) is 5.56 Å². The lowest BCUT2D eigenvalue weighted by Gasteiger charge is -2.13. The molecule has 2 N–H and O–H groups in total. The molecule has 0 saturated carbocycles. The Kier molecular flexibility index (Phi) is 6.32. The molecule has 0 unspecified atom stereocenters. The molecule has 0 radical (unpaired) electrons. The lowest BCUT2D eigenvalue weighted by atomic mass is 10.1. The highest BCUT2D eigenvalue weighted by Gasteiger charge is 2.17. The summed E-state index contributed by atoms with van der Waals surface area (Å²) in [7, 11) is 0. The van der Waals surface area contributed by atoms with Crippen LogP contribution in [0.3, 0.4) is 0 Å². The third-order valence-electron chi connectivity index (χ3n) is 4.53. The van der Waals surface area contributed by atoms with E-state index in [1.165, 1.54) is 25.1 Å². The van der Waals surface area contributed by atoms with Crippen LogP contribution in [-0.2, 0) is 20.9 Å². The zero-order valence-electron chi connectivity index (χ0n) is 16.5. The number of nitrogens with one attached hydrogen (secondary N) is 1. The molecule has 0 saturated heterocycles. The maximum Gasteiger partial charge on any atom is 0.336 e. The minimum absolute atomic E-state index is 0.000290. The summed E-state index contributed by atoms with van der Waals surface area (Å²) < 4.78 is 10.4. The number of rotatable bonds is 6. The Morgan fingerprint density at radius 1 is 1.20 bits per heavy atom. The molecule has 7 nitrogen and oxygen atoms in total. The van der Waals surface area contributed by atoms with Crippen LogP contribution < -0.4 is 10.9 Å². The number of aromatic hydroxyl groups is 1. The topological polar surface area (TPSA) is 106 Å². The predicted molar refractivity (Wildman–Crippen MR) is 112 cm³/mol. The van der Waals surface area contributed by atoms with Crippen molar-refractivity contribution in [2.45, 2.75) is 26.5 Å². The Morgan fingerprint density at radius 3 is 2.67 bits per heavy atom. The molecule has 154 valence electrons. The number of carbonyl (C=O) groups excluding carboxylic acids is 2. The van der Waals surface area contributed by atoms with Crippen LogP contribution >= 0.6 is 0 Å². The van der Waals surface area contributed by atoms with Gasteiger partial charge in [0.1, 0.15) is 24.0 Å². The van der Waals surface area contributed by atoms with Crippen LogP contribution in [0, 0.1) is 6.92 Å². The van der Waals surface area contributed by atoms with E-state index in [1.54, 1.807) is 19.1 Å². The molecular formula is C23H21NO6. The van der Waals surface area contributed by atoms with Crippen LogP contribution in [0.25, 0.3) is 17.0 Å². The number of aryl methyl sites for hydroxylation is 1. The number of esters is 1. The minimum atomic E-state index is -0.880. The summed E-state index contributed by atoms with van der Waals surface area (Å²) in [6, 6.07) is 12.7. The summed E-state index contributed by atoms with van der Waals surface area (Å²) in [5.41, 5.74) is 1.35. The van der Waals surface area contributed by atoms with Crippen LogP contribution in [-0.4, -0.2) is 23.0 Å². The van der Waals surface area contributed by atoms with Gasteiger partial charge in [0.25, 0.3) is 0 Å². The van der Waals surface area contributed by atoms with Crippen molar-refractivity contribution in [2.24, 2.45) is 0 Å². The van der Waals surface area contributed by atoms with Crippen molar-refractivity contribution in [1.29, 1.82) is 0 Å². The van der Waals surface area contributed by atoms with Gasteiger partial charge in [-0.1, -0.05) is 30.3 Å². The van der Waals surface area contributed by atoms with Gasteiger partial charge in [-0.05, 0) is 37.6 Å². The largest absolute Gasteiger partial charge is 0.508 e. The number of hydrogen-bond donors (Lipinski definition) is 2. The van der Waals surface area contributed by atoms with Crippen LogP contribution in [0.1, 0.15) is 23.6 Å². The van der Waals surface area contributed by atoms with Gasteiger partial charge in [-0.3, -0.25) is 4.79 Å². The highest BCUT2D eigenvalue weighted by molar-refractivity contribution is 5.94. The van der Waals surface area contributed by atoms with Gasteiger partial charge in [0.2, 0.25) is 5.91 Å². The average molecular weight is 407 g/mol. The fourth-order valence-corrected chi connectivity index (χ4v) is 2.87. The first kappa shape index (κ1) is 20.9. The van der Waals surface area contributed by atoms with Crippen LogP contribution in [0.4, 0.5) is 0 Å². The minimum Gasteiger partial charge on any atom is -0.508 e. The number of phenols is 1. The Balaban J connectivity index is 1.64. The molecule has 3 aromatic rings. The lowest BCUT2D eigenvalue weighted by Crippen LogP contribution is -2.38. The molecule has 30 heavy (non-hydrogen) atoms. The highest BCUT2D eigenvalue weighted by Crippen LogP contribution is 2.27. The zero-order valence-corrected chi connectivity index (χ0v) is 16.5. The number of ether oxygens (including phenoxy) is 1. The van der Waals surface area contributed by atoms with Gasteiger partial charge in [0.05, 0.1) is 0 Å². The van der Waals surface area contributed by atoms with E-state index in [-0.39, 0.29) is 17.9 Å². The van der Waals surface area contributed by atoms with Gasteiger partial charge >= 0.3 is 11.6 Å². The van der Waals surface area contributed by atoms with Crippen molar-refractivity contribution in [3.63, 3.8) is 0 Å². The summed E-state index contributed by atoms with van der Waals surface area (Å²) in [6.45, 7) is 2.96. The molecule has 0 bridgehead atoms. The van der Waals surface area contributed by atoms with Crippen LogP contribution in [0.15, 0.2) is 63.8 Å². The maximum absolute atomic E-state index is 12.3. The SMILES string of the molecule is Cc1c(O)ccc2c(COC(=O)[C@H](C)NC(=O)/C=C/c3ccccc3)cc(=O)oc12. The van der Waals surface area contributed by atoms with Crippen molar-refractivity contribution in [1.82, 2.24) is 5.32 Å². The van der Waals surface area contributed by atoms with E-state index in [9.17, 15) is 19.5 Å². The fourth-order valence-electron chi connectivity index (χ4n) is 2.87. The zero-order chi connectivity index (χ0) is 21.7. The molecule has 2 aromatic carbocycles. The molecule has 0 fully saturated rings. The second-order valence-corrected chi connectivity index (χ2v) is 6.76. The molecule has 1 amide bonds. The maximum atomic E-state index is 12.3. The summed E-state index contributed by atoms with van der Waals surface area (Å²) in [4.78, 5) is 36.1. The highest BCUT2D eigenvalue weighted by atomic mass is 16.5. The molecule has 0 aliphatic rings. The van der Waals surface area contributed by atoms with Gasteiger partial charge in [-0.25, -0.2) is 9.59 Å². The molecule has 0 spiro atoms. The van der Waals surface area contributed by atoms with Gasteiger partial charge in [0.15, 0.2) is 0 Å². The normalized spacial score (nSPS) is 12.1. The summed E-state index contributed by atoms with van der Waals surface area (Å²) in [5.74, 6) is -1.08. The third-order valence-corrected chi connectivity index (χ3v) is 4.53. The lowest BCUT2D eigenvalue weighted by molar-refractivity contribution is -0.148. The number of carbonyl (C=O) groups is 2. The quantitative estimate of drug-likeness (QED) is 0.370. The number of phenolic OH excluding ortho intramolecular Hbond substituents is 1. The van der Waals surface area contributed by atoms with Crippen LogP contribution in [0.5, 0.6) is 5.75 Å².